The van der Waals surface area contributed by atoms with Crippen LogP contribution in [0.15, 0.2) is 18.2 Å². The van der Waals surface area contributed by atoms with Crippen molar-refractivity contribution in [3.8, 4) is 5.75 Å². The number of halogens is 1. The Bertz CT molecular complexity index is 440. The molecule has 0 fully saturated rings. The molecule has 0 aromatic heterocycles. The van der Waals surface area contributed by atoms with E-state index < -0.39 is 5.82 Å². The van der Waals surface area contributed by atoms with Crippen molar-refractivity contribution in [1.82, 2.24) is 5.32 Å². The molecule has 0 radical (unpaired) electrons. The highest BCUT2D eigenvalue weighted by molar-refractivity contribution is 5.69. The summed E-state index contributed by atoms with van der Waals surface area (Å²) in [6.45, 7) is 2.17. The van der Waals surface area contributed by atoms with Gasteiger partial charge in [0.25, 0.3) is 0 Å². The number of hydrogen-bond donors (Lipinski definition) is 1. The Balaban J connectivity index is 2.34. The molecule has 0 bridgehead atoms. The maximum atomic E-state index is 13.8. The summed E-state index contributed by atoms with van der Waals surface area (Å²) in [6.07, 6.45) is 0.756. The van der Waals surface area contributed by atoms with Gasteiger partial charge < -0.3 is 19.5 Å². The Hall–Kier alpha value is -1.66. The second kappa shape index (κ2) is 10.1. The zero-order valence-electron chi connectivity index (χ0n) is 12.5. The van der Waals surface area contributed by atoms with Gasteiger partial charge in [-0.05, 0) is 24.1 Å². The van der Waals surface area contributed by atoms with Gasteiger partial charge in [-0.15, -0.1) is 0 Å². The first-order valence-electron chi connectivity index (χ1n) is 6.85. The number of methoxy groups -OCH3 is 2. The summed E-state index contributed by atoms with van der Waals surface area (Å²) in [6, 6.07) is 4.84. The van der Waals surface area contributed by atoms with Gasteiger partial charge >= 0.3 is 5.97 Å². The Kier molecular flexibility index (Phi) is 8.38. The summed E-state index contributed by atoms with van der Waals surface area (Å²) in [4.78, 5) is 10.9. The van der Waals surface area contributed by atoms with Crippen LogP contribution >= 0.6 is 0 Å². The second-order valence-corrected chi connectivity index (χ2v) is 4.46. The first-order chi connectivity index (χ1) is 10.2. The molecular formula is C15H22FNO4. The number of carbonyl (C=O) groups excluding carboxylic acids is 1. The van der Waals surface area contributed by atoms with Gasteiger partial charge in [0, 0.05) is 26.6 Å². The van der Waals surface area contributed by atoms with E-state index in [4.69, 9.17) is 9.47 Å². The number of ether oxygens (including phenoxy) is 3. The molecule has 0 heterocycles. The Morgan fingerprint density at radius 2 is 2.10 bits per heavy atom. The highest BCUT2D eigenvalue weighted by atomic mass is 19.1. The minimum atomic E-state index is -0.404. The number of carbonyl (C=O) groups is 1. The van der Waals surface area contributed by atoms with Gasteiger partial charge in [-0.2, -0.15) is 0 Å². The number of hydrogen-bond acceptors (Lipinski definition) is 5. The van der Waals surface area contributed by atoms with Gasteiger partial charge in [0.2, 0.25) is 0 Å². The number of rotatable bonds is 10. The Morgan fingerprint density at radius 1 is 1.29 bits per heavy atom. The van der Waals surface area contributed by atoms with Gasteiger partial charge in [-0.25, -0.2) is 4.39 Å². The average Bonchev–Trinajstić information content (AvgIpc) is 2.49. The van der Waals surface area contributed by atoms with Crippen molar-refractivity contribution < 1.29 is 23.4 Å². The van der Waals surface area contributed by atoms with Gasteiger partial charge in [-0.1, -0.05) is 6.07 Å². The second-order valence-electron chi connectivity index (χ2n) is 4.46. The van der Waals surface area contributed by atoms with E-state index in [9.17, 15) is 9.18 Å². The van der Waals surface area contributed by atoms with Crippen LogP contribution in [-0.4, -0.2) is 39.9 Å². The lowest BCUT2D eigenvalue weighted by molar-refractivity contribution is -0.140. The fourth-order valence-electron chi connectivity index (χ4n) is 1.68. The van der Waals surface area contributed by atoms with Crippen molar-refractivity contribution in [1.29, 1.82) is 0 Å². The molecule has 0 unspecified atom stereocenters. The van der Waals surface area contributed by atoms with E-state index in [-0.39, 0.29) is 24.7 Å². The maximum absolute atomic E-state index is 13.8. The quantitative estimate of drug-likeness (QED) is 0.528. The van der Waals surface area contributed by atoms with Crippen LogP contribution < -0.4 is 10.1 Å². The lowest BCUT2D eigenvalue weighted by atomic mass is 10.2. The number of benzene rings is 1. The first-order valence-corrected chi connectivity index (χ1v) is 6.85. The lowest BCUT2D eigenvalue weighted by Crippen LogP contribution is -2.18. The zero-order valence-corrected chi connectivity index (χ0v) is 12.5. The van der Waals surface area contributed by atoms with Gasteiger partial charge in [0.05, 0.1) is 20.3 Å². The third-order valence-electron chi connectivity index (χ3n) is 2.82. The van der Waals surface area contributed by atoms with E-state index in [0.29, 0.717) is 26.1 Å². The van der Waals surface area contributed by atoms with Crippen LogP contribution in [0.2, 0.25) is 0 Å². The first kappa shape index (κ1) is 17.4. The summed E-state index contributed by atoms with van der Waals surface area (Å²) in [5, 5.41) is 3.14. The molecule has 1 rings (SSSR count). The molecule has 5 nitrogen and oxygen atoms in total. The van der Waals surface area contributed by atoms with Crippen LogP contribution in [0.3, 0.4) is 0 Å². The van der Waals surface area contributed by atoms with E-state index in [1.54, 1.807) is 19.2 Å². The minimum absolute atomic E-state index is 0.195. The van der Waals surface area contributed by atoms with Crippen LogP contribution in [0.4, 0.5) is 4.39 Å². The van der Waals surface area contributed by atoms with Crippen LogP contribution in [-0.2, 0) is 20.8 Å². The minimum Gasteiger partial charge on any atom is -0.491 e. The summed E-state index contributed by atoms with van der Waals surface area (Å²) < 4.78 is 28.5. The van der Waals surface area contributed by atoms with Crippen LogP contribution in [0.5, 0.6) is 5.75 Å². The lowest BCUT2D eigenvalue weighted by Gasteiger charge is -2.09. The van der Waals surface area contributed by atoms with Crippen molar-refractivity contribution in [3.05, 3.63) is 29.6 Å². The molecule has 21 heavy (non-hydrogen) atoms. The number of nitrogens with one attached hydrogen (secondary N) is 1. The zero-order chi connectivity index (χ0) is 15.5. The summed E-state index contributed by atoms with van der Waals surface area (Å²) in [7, 11) is 2.97. The van der Waals surface area contributed by atoms with Crippen molar-refractivity contribution in [2.75, 3.05) is 34.0 Å². The normalized spacial score (nSPS) is 10.4. The summed E-state index contributed by atoms with van der Waals surface area (Å²) >= 11 is 0. The molecule has 1 aromatic rings. The van der Waals surface area contributed by atoms with Crippen molar-refractivity contribution >= 4 is 5.97 Å². The molecule has 1 aromatic carbocycles. The van der Waals surface area contributed by atoms with Crippen molar-refractivity contribution in [2.45, 2.75) is 19.4 Å². The van der Waals surface area contributed by atoms with E-state index in [1.165, 1.54) is 13.2 Å². The number of esters is 1. The standard InChI is InChI=1S/C15H22FNO4/c1-19-9-7-17-11-12-5-6-14(13(16)10-12)21-8-3-4-15(18)20-2/h5-6,10,17H,3-4,7-9,11H2,1-2H3. The van der Waals surface area contributed by atoms with Crippen LogP contribution in [0, 0.1) is 5.82 Å². The smallest absolute Gasteiger partial charge is 0.305 e. The molecule has 0 atom stereocenters. The molecule has 6 heteroatoms. The molecule has 0 aliphatic rings. The fourth-order valence-corrected chi connectivity index (χ4v) is 1.68. The third kappa shape index (κ3) is 7.06. The molecule has 0 saturated heterocycles. The van der Waals surface area contributed by atoms with Gasteiger partial charge in [-0.3, -0.25) is 4.79 Å². The predicted octanol–water partition coefficient (Wildman–Crippen LogP) is 1.89. The Morgan fingerprint density at radius 3 is 2.76 bits per heavy atom. The predicted molar refractivity (Wildman–Crippen MR) is 76.7 cm³/mol. The van der Waals surface area contributed by atoms with E-state index in [0.717, 1.165) is 5.56 Å². The highest BCUT2D eigenvalue weighted by Gasteiger charge is 2.06. The molecule has 0 amide bonds. The van der Waals surface area contributed by atoms with Crippen LogP contribution in [0.1, 0.15) is 18.4 Å². The molecule has 0 aliphatic heterocycles. The van der Waals surface area contributed by atoms with Crippen LogP contribution in [0.25, 0.3) is 0 Å². The van der Waals surface area contributed by atoms with E-state index in [2.05, 4.69) is 10.1 Å². The molecule has 118 valence electrons. The SMILES string of the molecule is COCCNCc1ccc(OCCCC(=O)OC)c(F)c1. The van der Waals surface area contributed by atoms with Gasteiger partial charge in [0.1, 0.15) is 0 Å². The fraction of sp³-hybridized carbons (Fsp3) is 0.533. The largest absolute Gasteiger partial charge is 0.491 e. The molecular weight excluding hydrogens is 277 g/mol. The average molecular weight is 299 g/mol. The maximum Gasteiger partial charge on any atom is 0.305 e. The molecule has 0 aliphatic carbocycles. The molecule has 1 N–H and O–H groups in total. The Labute approximate surface area is 124 Å². The molecule has 0 saturated carbocycles. The van der Waals surface area contributed by atoms with Crippen molar-refractivity contribution in [2.24, 2.45) is 0 Å². The monoisotopic (exact) mass is 299 g/mol. The molecule has 0 spiro atoms. The summed E-state index contributed by atoms with van der Waals surface area (Å²) in [5.74, 6) is -0.504. The summed E-state index contributed by atoms with van der Waals surface area (Å²) in [5.41, 5.74) is 0.838. The topological polar surface area (TPSA) is 56.8 Å². The van der Waals surface area contributed by atoms with Crippen molar-refractivity contribution in [3.63, 3.8) is 0 Å². The van der Waals surface area contributed by atoms with E-state index >= 15 is 0 Å². The highest BCUT2D eigenvalue weighted by Crippen LogP contribution is 2.18. The van der Waals surface area contributed by atoms with E-state index in [1.807, 2.05) is 0 Å². The third-order valence-corrected chi connectivity index (χ3v) is 2.82. The van der Waals surface area contributed by atoms with Gasteiger partial charge in [0.15, 0.2) is 11.6 Å².